The molecule has 0 bridgehead atoms. The van der Waals surface area contributed by atoms with Gasteiger partial charge in [-0.2, -0.15) is 0 Å². The Labute approximate surface area is 91.4 Å². The summed E-state index contributed by atoms with van der Waals surface area (Å²) in [5, 5.41) is 5.25. The Morgan fingerprint density at radius 1 is 1.29 bits per heavy atom. The van der Waals surface area contributed by atoms with Crippen LogP contribution in [0.15, 0.2) is 22.9 Å². The molecule has 74 valence electrons. The van der Waals surface area contributed by atoms with Crippen LogP contribution in [0, 0.1) is 0 Å². The maximum atomic E-state index is 5.50. The Balaban J connectivity index is 1.92. The lowest BCUT2D eigenvalue weighted by Gasteiger charge is -1.93. The summed E-state index contributed by atoms with van der Waals surface area (Å²) in [5.74, 6) is 0. The molecule has 0 fully saturated rings. The van der Waals surface area contributed by atoms with Gasteiger partial charge in [-0.3, -0.25) is 0 Å². The van der Waals surface area contributed by atoms with E-state index in [0.29, 0.717) is 6.54 Å². The van der Waals surface area contributed by atoms with Crippen LogP contribution in [0.1, 0.15) is 15.6 Å². The van der Waals surface area contributed by atoms with Crippen LogP contribution in [0.25, 0.3) is 0 Å². The van der Waals surface area contributed by atoms with E-state index < -0.39 is 0 Å². The number of rotatable bonds is 4. The summed E-state index contributed by atoms with van der Waals surface area (Å²) in [6, 6.07) is 4.26. The quantitative estimate of drug-likeness (QED) is 0.866. The Bertz CT molecular complexity index is 378. The lowest BCUT2D eigenvalue weighted by molar-refractivity contribution is 0.916. The number of nitrogens with two attached hydrogens (primary N) is 1. The van der Waals surface area contributed by atoms with Crippen molar-refractivity contribution in [3.63, 3.8) is 0 Å². The maximum absolute atomic E-state index is 5.50. The van der Waals surface area contributed by atoms with E-state index in [2.05, 4.69) is 27.9 Å². The number of thiazole rings is 1. The third-order valence-electron chi connectivity index (χ3n) is 1.98. The van der Waals surface area contributed by atoms with Crippen LogP contribution in [-0.2, 0) is 19.4 Å². The number of hydrogen-bond acceptors (Lipinski definition) is 4. The lowest BCUT2D eigenvalue weighted by Crippen LogP contribution is -1.96. The fraction of sp³-hybridized carbons (Fsp3) is 0.300. The first-order chi connectivity index (χ1) is 6.88. The second-order valence-corrected chi connectivity index (χ2v) is 4.99. The summed E-state index contributed by atoms with van der Waals surface area (Å²) in [6.07, 6.45) is 2.11. The highest BCUT2D eigenvalue weighted by molar-refractivity contribution is 7.10. The van der Waals surface area contributed by atoms with Crippen LogP contribution in [0.4, 0.5) is 0 Å². The fourth-order valence-electron chi connectivity index (χ4n) is 1.26. The van der Waals surface area contributed by atoms with E-state index in [1.54, 1.807) is 22.7 Å². The van der Waals surface area contributed by atoms with Crippen LogP contribution in [0.2, 0.25) is 0 Å². The topological polar surface area (TPSA) is 38.9 Å². The van der Waals surface area contributed by atoms with Crippen molar-refractivity contribution < 1.29 is 0 Å². The highest BCUT2D eigenvalue weighted by Crippen LogP contribution is 2.14. The molecular weight excluding hydrogens is 212 g/mol. The zero-order chi connectivity index (χ0) is 9.80. The molecule has 2 heterocycles. The van der Waals surface area contributed by atoms with Crippen LogP contribution in [0.5, 0.6) is 0 Å². The predicted octanol–water partition coefficient (Wildman–Crippen LogP) is 2.45. The molecule has 0 unspecified atom stereocenters. The van der Waals surface area contributed by atoms with Gasteiger partial charge in [-0.15, -0.1) is 22.7 Å². The zero-order valence-electron chi connectivity index (χ0n) is 7.77. The van der Waals surface area contributed by atoms with Crippen molar-refractivity contribution in [2.45, 2.75) is 19.4 Å². The van der Waals surface area contributed by atoms with Crippen LogP contribution < -0.4 is 5.73 Å². The Hall–Kier alpha value is -0.710. The lowest BCUT2D eigenvalue weighted by atomic mass is 10.2. The molecule has 0 amide bonds. The summed E-state index contributed by atoms with van der Waals surface area (Å²) in [6.45, 7) is 0.559. The summed E-state index contributed by atoms with van der Waals surface area (Å²) in [4.78, 5) is 5.85. The fourth-order valence-corrected chi connectivity index (χ4v) is 2.68. The van der Waals surface area contributed by atoms with Crippen LogP contribution in [0.3, 0.4) is 0 Å². The third kappa shape index (κ3) is 2.41. The van der Waals surface area contributed by atoms with Crippen molar-refractivity contribution in [3.8, 4) is 0 Å². The molecule has 0 spiro atoms. The smallest absolute Gasteiger partial charge is 0.106 e. The molecule has 14 heavy (non-hydrogen) atoms. The molecule has 2 N–H and O–H groups in total. The molecule has 2 nitrogen and oxygen atoms in total. The van der Waals surface area contributed by atoms with Gasteiger partial charge < -0.3 is 5.73 Å². The molecule has 0 aliphatic carbocycles. The molecule has 0 radical (unpaired) electrons. The normalized spacial score (nSPS) is 10.6. The second kappa shape index (κ2) is 4.68. The van der Waals surface area contributed by atoms with Gasteiger partial charge in [-0.05, 0) is 24.3 Å². The van der Waals surface area contributed by atoms with Gasteiger partial charge in [0.2, 0.25) is 0 Å². The first-order valence-electron chi connectivity index (χ1n) is 4.54. The van der Waals surface area contributed by atoms with Gasteiger partial charge in [0.15, 0.2) is 0 Å². The third-order valence-corrected chi connectivity index (χ3v) is 3.84. The predicted molar refractivity (Wildman–Crippen MR) is 61.7 cm³/mol. The van der Waals surface area contributed by atoms with Gasteiger partial charge in [0.05, 0.1) is 5.69 Å². The average molecular weight is 224 g/mol. The molecule has 2 aromatic rings. The van der Waals surface area contributed by atoms with Crippen molar-refractivity contribution in [2.24, 2.45) is 5.73 Å². The Morgan fingerprint density at radius 3 is 2.86 bits per heavy atom. The second-order valence-electron chi connectivity index (χ2n) is 3.02. The largest absolute Gasteiger partial charge is 0.325 e. The summed E-state index contributed by atoms with van der Waals surface area (Å²) in [7, 11) is 0. The molecule has 0 atom stereocenters. The molecule has 0 aliphatic heterocycles. The van der Waals surface area contributed by atoms with Crippen molar-refractivity contribution in [1.82, 2.24) is 4.98 Å². The monoisotopic (exact) mass is 224 g/mol. The minimum atomic E-state index is 0.559. The van der Waals surface area contributed by atoms with E-state index in [0.717, 1.165) is 17.8 Å². The number of nitrogens with zero attached hydrogens (tertiary/aromatic N) is 1. The number of aromatic nitrogens is 1. The Morgan fingerprint density at radius 2 is 2.21 bits per heavy atom. The summed E-state index contributed by atoms with van der Waals surface area (Å²) in [5.41, 5.74) is 6.67. The molecule has 0 aromatic carbocycles. The van der Waals surface area contributed by atoms with E-state index in [1.165, 1.54) is 10.6 Å². The molecule has 4 heteroatoms. The van der Waals surface area contributed by atoms with Gasteiger partial charge in [-0.25, -0.2) is 4.98 Å². The highest BCUT2D eigenvalue weighted by Gasteiger charge is 2.01. The minimum absolute atomic E-state index is 0.559. The number of thiophene rings is 1. The molecule has 0 saturated heterocycles. The highest BCUT2D eigenvalue weighted by atomic mass is 32.1. The van der Waals surface area contributed by atoms with Crippen molar-refractivity contribution in [1.29, 1.82) is 0 Å². The molecule has 2 aromatic heterocycles. The number of aryl methyl sites for hydroxylation is 2. The van der Waals surface area contributed by atoms with Gasteiger partial charge in [-0.1, -0.05) is 6.07 Å². The average Bonchev–Trinajstić information content (AvgIpc) is 2.86. The van der Waals surface area contributed by atoms with Crippen LogP contribution in [-0.4, -0.2) is 4.98 Å². The summed E-state index contributed by atoms with van der Waals surface area (Å²) < 4.78 is 0. The molecular formula is C10H12N2S2. The number of hydrogen-bond donors (Lipinski definition) is 1. The van der Waals surface area contributed by atoms with Gasteiger partial charge in [0.25, 0.3) is 0 Å². The van der Waals surface area contributed by atoms with E-state index in [1.807, 2.05) is 0 Å². The van der Waals surface area contributed by atoms with Gasteiger partial charge >= 0.3 is 0 Å². The van der Waals surface area contributed by atoms with Crippen molar-refractivity contribution in [2.75, 3.05) is 0 Å². The molecule has 0 saturated carbocycles. The molecule has 2 rings (SSSR count). The van der Waals surface area contributed by atoms with E-state index in [9.17, 15) is 0 Å². The van der Waals surface area contributed by atoms with E-state index in [-0.39, 0.29) is 0 Å². The van der Waals surface area contributed by atoms with E-state index in [4.69, 9.17) is 5.73 Å². The van der Waals surface area contributed by atoms with Gasteiger partial charge in [0, 0.05) is 16.8 Å². The maximum Gasteiger partial charge on any atom is 0.106 e. The van der Waals surface area contributed by atoms with Crippen molar-refractivity contribution >= 4 is 22.7 Å². The van der Waals surface area contributed by atoms with Crippen molar-refractivity contribution in [3.05, 3.63) is 38.5 Å². The standard InChI is InChI=1S/C10H12N2S2/c11-6-10-12-8(7-14-10)3-4-9-2-1-5-13-9/h1-2,5,7H,3-4,6,11H2. The van der Waals surface area contributed by atoms with E-state index >= 15 is 0 Å². The molecule has 0 aliphatic rings. The first-order valence-corrected chi connectivity index (χ1v) is 6.30. The zero-order valence-corrected chi connectivity index (χ0v) is 9.40. The van der Waals surface area contributed by atoms with Crippen LogP contribution >= 0.6 is 22.7 Å². The SMILES string of the molecule is NCc1nc(CCc2cccs2)cs1. The minimum Gasteiger partial charge on any atom is -0.325 e. The first kappa shape index (κ1) is 9.83. The van der Waals surface area contributed by atoms with Gasteiger partial charge in [0.1, 0.15) is 5.01 Å². The summed E-state index contributed by atoms with van der Waals surface area (Å²) >= 11 is 3.46. The Kier molecular flexibility index (Phi) is 3.29.